The topological polar surface area (TPSA) is 82.0 Å². The summed E-state index contributed by atoms with van der Waals surface area (Å²) in [4.78, 5) is 13.4. The predicted molar refractivity (Wildman–Crippen MR) is 60.6 cm³/mol. The number of hydrogen-bond donors (Lipinski definition) is 1. The zero-order valence-corrected chi connectivity index (χ0v) is 9.23. The van der Waals surface area contributed by atoms with Gasteiger partial charge in [0.1, 0.15) is 11.9 Å². The normalized spacial score (nSPS) is 10.5. The summed E-state index contributed by atoms with van der Waals surface area (Å²) in [6.45, 7) is 0. The third kappa shape index (κ3) is 2.07. The predicted octanol–water partition coefficient (Wildman–Crippen LogP) is 2.66. The van der Waals surface area contributed by atoms with E-state index in [0.717, 1.165) is 18.5 Å². The van der Waals surface area contributed by atoms with Crippen LogP contribution in [0.25, 0.3) is 11.1 Å². The van der Waals surface area contributed by atoms with Crippen molar-refractivity contribution in [1.82, 2.24) is 4.98 Å². The number of hydrogen-bond acceptors (Lipinski definition) is 4. The van der Waals surface area contributed by atoms with Gasteiger partial charge in [0.25, 0.3) is 0 Å². The Bertz CT molecular complexity index is 676. The van der Waals surface area contributed by atoms with Crippen LogP contribution >= 0.6 is 0 Å². The van der Waals surface area contributed by atoms with Crippen molar-refractivity contribution in [3.05, 3.63) is 52.1 Å². The monoisotopic (exact) mass is 269 g/mol. The van der Waals surface area contributed by atoms with Crippen LogP contribution in [0.1, 0.15) is 0 Å². The van der Waals surface area contributed by atoms with Crippen LogP contribution in [0.3, 0.4) is 0 Å². The number of nitrogens with zero attached hydrogens (tertiary/aromatic N) is 2. The molecule has 1 aromatic heterocycles. The van der Waals surface area contributed by atoms with E-state index in [0.29, 0.717) is 6.07 Å². The quantitative estimate of drug-likeness (QED) is 0.516. The number of aromatic nitrogens is 1. The van der Waals surface area contributed by atoms with Crippen molar-refractivity contribution in [2.75, 3.05) is 5.73 Å². The lowest BCUT2D eigenvalue weighted by Gasteiger charge is -2.07. The summed E-state index contributed by atoms with van der Waals surface area (Å²) in [5.41, 5.74) is 4.03. The number of anilines is 1. The van der Waals surface area contributed by atoms with Gasteiger partial charge >= 0.3 is 5.69 Å². The number of nitro groups is 1. The van der Waals surface area contributed by atoms with Crippen LogP contribution in [0.15, 0.2) is 24.5 Å². The number of pyridine rings is 1. The molecule has 0 atom stereocenters. The second-order valence-corrected chi connectivity index (χ2v) is 3.60. The van der Waals surface area contributed by atoms with E-state index in [9.17, 15) is 23.3 Å². The molecule has 0 radical (unpaired) electrons. The first kappa shape index (κ1) is 12.8. The minimum Gasteiger partial charge on any atom is -0.393 e. The molecule has 0 aliphatic carbocycles. The fourth-order valence-electron chi connectivity index (χ4n) is 1.55. The van der Waals surface area contributed by atoms with E-state index in [-0.39, 0.29) is 11.3 Å². The molecule has 0 unspecified atom stereocenters. The minimum absolute atomic E-state index is 0.175. The Morgan fingerprint density at radius 2 is 1.79 bits per heavy atom. The number of nitrogen functional groups attached to an aromatic ring is 1. The van der Waals surface area contributed by atoms with Gasteiger partial charge in [-0.3, -0.25) is 15.1 Å². The average molecular weight is 269 g/mol. The number of nitrogens with two attached hydrogens (primary N) is 1. The lowest BCUT2D eigenvalue weighted by atomic mass is 10.0. The van der Waals surface area contributed by atoms with Gasteiger partial charge in [0.2, 0.25) is 0 Å². The maximum atomic E-state index is 13.6. The largest absolute Gasteiger partial charge is 0.393 e. The molecular formula is C11H6F3N3O2. The molecule has 0 aliphatic rings. The Labute approximate surface area is 104 Å². The Kier molecular flexibility index (Phi) is 3.07. The molecule has 0 amide bonds. The molecule has 2 N–H and O–H groups in total. The molecule has 8 heteroatoms. The first-order valence-electron chi connectivity index (χ1n) is 4.95. The average Bonchev–Trinajstić information content (AvgIpc) is 2.37. The molecule has 98 valence electrons. The van der Waals surface area contributed by atoms with Gasteiger partial charge in [-0.05, 0) is 12.1 Å². The van der Waals surface area contributed by atoms with E-state index in [2.05, 4.69) is 4.98 Å². The first-order valence-corrected chi connectivity index (χ1v) is 4.95. The molecule has 0 fully saturated rings. The standard InChI is InChI=1S/C11H6F3N3O2/c12-7-2-1-5(9(13)10(7)14)6-3-16-4-8(11(6)15)17(18)19/h1-4H,(H2,15,16). The van der Waals surface area contributed by atoms with E-state index in [1.54, 1.807) is 0 Å². The summed E-state index contributed by atoms with van der Waals surface area (Å²) in [5.74, 6) is -4.52. The van der Waals surface area contributed by atoms with Crippen LogP contribution in [-0.4, -0.2) is 9.91 Å². The highest BCUT2D eigenvalue weighted by Gasteiger charge is 2.21. The SMILES string of the molecule is Nc1c(-c2ccc(F)c(F)c2F)cncc1[N+](=O)[O-]. The van der Waals surface area contributed by atoms with Crippen molar-refractivity contribution in [2.45, 2.75) is 0 Å². The van der Waals surface area contributed by atoms with Gasteiger partial charge in [-0.1, -0.05) is 0 Å². The lowest BCUT2D eigenvalue weighted by Crippen LogP contribution is -2.01. The third-order valence-corrected chi connectivity index (χ3v) is 2.49. The molecule has 0 spiro atoms. The van der Waals surface area contributed by atoms with Crippen LogP contribution in [-0.2, 0) is 0 Å². The van der Waals surface area contributed by atoms with Gasteiger partial charge in [-0.2, -0.15) is 0 Å². The van der Waals surface area contributed by atoms with Crippen molar-refractivity contribution in [3.63, 3.8) is 0 Å². The molecule has 2 aromatic rings. The summed E-state index contributed by atoms with van der Waals surface area (Å²) < 4.78 is 39.5. The summed E-state index contributed by atoms with van der Waals surface area (Å²) in [7, 11) is 0. The van der Waals surface area contributed by atoms with Crippen molar-refractivity contribution in [3.8, 4) is 11.1 Å². The van der Waals surface area contributed by atoms with Crippen molar-refractivity contribution in [2.24, 2.45) is 0 Å². The van der Waals surface area contributed by atoms with Gasteiger partial charge in [0.05, 0.1) is 4.92 Å². The molecule has 2 rings (SSSR count). The second kappa shape index (κ2) is 4.56. The fourth-order valence-corrected chi connectivity index (χ4v) is 1.55. The molecule has 0 bridgehead atoms. The van der Waals surface area contributed by atoms with Crippen molar-refractivity contribution in [1.29, 1.82) is 0 Å². The van der Waals surface area contributed by atoms with Crippen molar-refractivity contribution < 1.29 is 18.1 Å². The fraction of sp³-hybridized carbons (Fsp3) is 0. The van der Waals surface area contributed by atoms with Crippen LogP contribution in [0.4, 0.5) is 24.5 Å². The summed E-state index contributed by atoms with van der Waals surface area (Å²) in [5, 5.41) is 10.7. The Hall–Kier alpha value is -2.64. The summed E-state index contributed by atoms with van der Waals surface area (Å²) in [6, 6.07) is 1.64. The maximum absolute atomic E-state index is 13.6. The van der Waals surface area contributed by atoms with Gasteiger partial charge in [-0.15, -0.1) is 0 Å². The summed E-state index contributed by atoms with van der Waals surface area (Å²) >= 11 is 0. The first-order chi connectivity index (χ1) is 8.93. The molecule has 0 aliphatic heterocycles. The Balaban J connectivity index is 2.70. The van der Waals surface area contributed by atoms with E-state index < -0.39 is 33.6 Å². The molecule has 1 heterocycles. The highest BCUT2D eigenvalue weighted by atomic mass is 19.2. The second-order valence-electron chi connectivity index (χ2n) is 3.60. The molecule has 0 saturated heterocycles. The Morgan fingerprint density at radius 3 is 2.42 bits per heavy atom. The smallest absolute Gasteiger partial charge is 0.310 e. The van der Waals surface area contributed by atoms with E-state index in [1.165, 1.54) is 0 Å². The number of rotatable bonds is 2. The lowest BCUT2D eigenvalue weighted by molar-refractivity contribution is -0.384. The van der Waals surface area contributed by atoms with E-state index in [4.69, 9.17) is 5.73 Å². The Morgan fingerprint density at radius 1 is 1.11 bits per heavy atom. The van der Waals surface area contributed by atoms with Crippen LogP contribution < -0.4 is 5.73 Å². The highest BCUT2D eigenvalue weighted by molar-refractivity contribution is 5.81. The van der Waals surface area contributed by atoms with Gasteiger partial charge in [0, 0.05) is 17.3 Å². The van der Waals surface area contributed by atoms with Crippen molar-refractivity contribution >= 4 is 11.4 Å². The van der Waals surface area contributed by atoms with Crippen LogP contribution in [0.5, 0.6) is 0 Å². The van der Waals surface area contributed by atoms with Gasteiger partial charge < -0.3 is 5.73 Å². The molecule has 0 saturated carbocycles. The molecule has 1 aromatic carbocycles. The van der Waals surface area contributed by atoms with Crippen LogP contribution in [0, 0.1) is 27.6 Å². The van der Waals surface area contributed by atoms with Crippen LogP contribution in [0.2, 0.25) is 0 Å². The van der Waals surface area contributed by atoms with Gasteiger partial charge in [0.15, 0.2) is 17.5 Å². The zero-order valence-electron chi connectivity index (χ0n) is 9.23. The highest BCUT2D eigenvalue weighted by Crippen LogP contribution is 2.34. The summed E-state index contributed by atoms with van der Waals surface area (Å²) in [6.07, 6.45) is 1.93. The molecule has 19 heavy (non-hydrogen) atoms. The minimum atomic E-state index is -1.68. The zero-order chi connectivity index (χ0) is 14.2. The van der Waals surface area contributed by atoms with Gasteiger partial charge in [-0.25, -0.2) is 13.2 Å². The van der Waals surface area contributed by atoms with E-state index in [1.807, 2.05) is 0 Å². The number of halogens is 3. The number of benzene rings is 1. The van der Waals surface area contributed by atoms with E-state index >= 15 is 0 Å². The molecular weight excluding hydrogens is 263 g/mol. The molecule has 5 nitrogen and oxygen atoms in total. The third-order valence-electron chi connectivity index (χ3n) is 2.49. The maximum Gasteiger partial charge on any atom is 0.310 e.